The molecule has 33 heavy (non-hydrogen) atoms. The van der Waals surface area contributed by atoms with E-state index >= 15 is 0 Å². The van der Waals surface area contributed by atoms with Gasteiger partial charge in [0, 0.05) is 12.4 Å². The smallest absolute Gasteiger partial charge is 0.264 e. The Bertz CT molecular complexity index is 1410. The summed E-state index contributed by atoms with van der Waals surface area (Å²) in [7, 11) is 0. The van der Waals surface area contributed by atoms with Crippen LogP contribution in [-0.4, -0.2) is 15.9 Å². The van der Waals surface area contributed by atoms with Gasteiger partial charge in [0.1, 0.15) is 17.0 Å². The number of thiazole rings is 1. The molecule has 0 saturated heterocycles. The summed E-state index contributed by atoms with van der Waals surface area (Å²) < 4.78 is 6.96. The van der Waals surface area contributed by atoms with E-state index in [4.69, 9.17) is 21.3 Å². The third-order valence-electron chi connectivity index (χ3n) is 4.99. The van der Waals surface area contributed by atoms with E-state index in [1.165, 1.54) is 11.3 Å². The molecule has 0 fully saturated rings. The van der Waals surface area contributed by atoms with Gasteiger partial charge in [0.25, 0.3) is 5.91 Å². The number of carbonyl (C=O) groups excluding carboxylic acids is 1. The number of hydrogen-bond acceptors (Lipinski definition) is 5. The number of ether oxygens (including phenoxy) is 1. The number of fused-ring (bicyclic) bond motifs is 1. The van der Waals surface area contributed by atoms with Gasteiger partial charge >= 0.3 is 0 Å². The van der Waals surface area contributed by atoms with E-state index in [1.807, 2.05) is 66.7 Å². The second-order valence-electron chi connectivity index (χ2n) is 7.25. The van der Waals surface area contributed by atoms with Crippen molar-refractivity contribution in [1.29, 1.82) is 0 Å². The molecule has 2 heterocycles. The fourth-order valence-electron chi connectivity index (χ4n) is 3.41. The zero-order valence-electron chi connectivity index (χ0n) is 17.4. The third-order valence-corrected chi connectivity index (χ3v) is 6.34. The highest BCUT2D eigenvalue weighted by atomic mass is 35.5. The molecule has 0 bridgehead atoms. The molecule has 0 aliphatic rings. The zero-order valence-corrected chi connectivity index (χ0v) is 19.0. The Morgan fingerprint density at radius 3 is 2.55 bits per heavy atom. The van der Waals surface area contributed by atoms with E-state index in [0.29, 0.717) is 39.3 Å². The van der Waals surface area contributed by atoms with Crippen LogP contribution in [0.1, 0.15) is 15.9 Å². The van der Waals surface area contributed by atoms with Crippen molar-refractivity contribution in [3.05, 3.63) is 113 Å². The fraction of sp³-hybridized carbons (Fsp3) is 0.0385. The summed E-state index contributed by atoms with van der Waals surface area (Å²) in [5.41, 5.74) is 2.00. The largest absolute Gasteiger partial charge is 0.457 e. The lowest BCUT2D eigenvalue weighted by molar-refractivity contribution is 0.0983. The summed E-state index contributed by atoms with van der Waals surface area (Å²) in [4.78, 5) is 24.4. The molecule has 0 aliphatic carbocycles. The van der Waals surface area contributed by atoms with Gasteiger partial charge in [-0.15, -0.1) is 0 Å². The summed E-state index contributed by atoms with van der Waals surface area (Å²) in [6.45, 7) is 0.309. The van der Waals surface area contributed by atoms with Gasteiger partial charge in [-0.1, -0.05) is 65.4 Å². The molecule has 0 aliphatic heterocycles. The number of hydrogen-bond donors (Lipinski definition) is 0. The van der Waals surface area contributed by atoms with E-state index < -0.39 is 0 Å². The van der Waals surface area contributed by atoms with Gasteiger partial charge in [-0.2, -0.15) is 0 Å². The fourth-order valence-corrected chi connectivity index (χ4v) is 4.68. The number of para-hydroxylation sites is 3. The number of pyridine rings is 1. The van der Waals surface area contributed by atoms with Crippen LogP contribution in [0.4, 0.5) is 5.13 Å². The lowest BCUT2D eigenvalue weighted by atomic mass is 10.1. The number of rotatable bonds is 6. The number of aromatic nitrogens is 2. The zero-order chi connectivity index (χ0) is 22.6. The Hall–Kier alpha value is -3.74. The highest BCUT2D eigenvalue weighted by molar-refractivity contribution is 7.22. The normalized spacial score (nSPS) is 10.8. The van der Waals surface area contributed by atoms with Gasteiger partial charge in [-0.25, -0.2) is 4.98 Å². The SMILES string of the molecule is O=C(c1ccccc1Oc1ccccc1)N(Cc1cccnc1)c1nc2c(Cl)cccc2s1. The van der Waals surface area contributed by atoms with Crippen LogP contribution in [0.5, 0.6) is 11.5 Å². The van der Waals surface area contributed by atoms with E-state index in [2.05, 4.69) is 4.98 Å². The van der Waals surface area contributed by atoms with Crippen LogP contribution in [0, 0.1) is 0 Å². The predicted octanol–water partition coefficient (Wildman–Crippen LogP) is 6.98. The molecule has 5 aromatic rings. The number of halogens is 1. The molecule has 3 aromatic carbocycles. The van der Waals surface area contributed by atoms with Gasteiger partial charge in [0.15, 0.2) is 5.13 Å². The van der Waals surface area contributed by atoms with Crippen LogP contribution in [0.3, 0.4) is 0 Å². The summed E-state index contributed by atoms with van der Waals surface area (Å²) in [6.07, 6.45) is 3.45. The standard InChI is InChI=1S/C26H18ClN3O2S/c27-21-12-6-14-23-24(21)29-26(33-23)30(17-18-8-7-15-28-16-18)25(31)20-11-4-5-13-22(20)32-19-9-2-1-3-10-19/h1-16H,17H2. The summed E-state index contributed by atoms with van der Waals surface area (Å²) in [6, 6.07) is 26.0. The first kappa shape index (κ1) is 21.1. The summed E-state index contributed by atoms with van der Waals surface area (Å²) in [5, 5.41) is 1.11. The third kappa shape index (κ3) is 4.58. The summed E-state index contributed by atoms with van der Waals surface area (Å²) in [5.74, 6) is 0.910. The summed E-state index contributed by atoms with van der Waals surface area (Å²) >= 11 is 7.78. The molecule has 0 radical (unpaired) electrons. The molecule has 0 unspecified atom stereocenters. The van der Waals surface area contributed by atoms with Crippen LogP contribution in [-0.2, 0) is 6.54 Å². The maximum atomic E-state index is 13.9. The first-order chi connectivity index (χ1) is 16.2. The Kier molecular flexibility index (Phi) is 6.02. The molecule has 1 amide bonds. The highest BCUT2D eigenvalue weighted by Crippen LogP contribution is 2.35. The van der Waals surface area contributed by atoms with Crippen molar-refractivity contribution in [1.82, 2.24) is 9.97 Å². The molecule has 162 valence electrons. The van der Waals surface area contributed by atoms with Crippen LogP contribution in [0.2, 0.25) is 5.02 Å². The lowest BCUT2D eigenvalue weighted by Crippen LogP contribution is -2.30. The molecule has 0 saturated carbocycles. The average molecular weight is 472 g/mol. The topological polar surface area (TPSA) is 55.3 Å². The van der Waals surface area contributed by atoms with Crippen molar-refractivity contribution in [3.63, 3.8) is 0 Å². The van der Waals surface area contributed by atoms with E-state index in [-0.39, 0.29) is 5.91 Å². The molecular formula is C26H18ClN3O2S. The maximum Gasteiger partial charge on any atom is 0.264 e. The maximum absolute atomic E-state index is 13.9. The number of benzene rings is 3. The number of carbonyl (C=O) groups is 1. The van der Waals surface area contributed by atoms with E-state index in [1.54, 1.807) is 35.5 Å². The van der Waals surface area contributed by atoms with Crippen LogP contribution in [0.15, 0.2) is 97.3 Å². The van der Waals surface area contributed by atoms with Gasteiger partial charge in [0.2, 0.25) is 0 Å². The molecule has 0 spiro atoms. The second-order valence-corrected chi connectivity index (χ2v) is 8.66. The van der Waals surface area contributed by atoms with Crippen molar-refractivity contribution in [2.75, 3.05) is 4.90 Å². The molecule has 5 rings (SSSR count). The van der Waals surface area contributed by atoms with E-state index in [9.17, 15) is 4.79 Å². The molecule has 0 N–H and O–H groups in total. The van der Waals surface area contributed by atoms with Gasteiger partial charge in [0.05, 0.1) is 21.8 Å². The Labute approximate surface area is 199 Å². The predicted molar refractivity (Wildman–Crippen MR) is 132 cm³/mol. The second kappa shape index (κ2) is 9.40. The lowest BCUT2D eigenvalue weighted by Gasteiger charge is -2.21. The minimum atomic E-state index is -0.222. The number of anilines is 1. The first-order valence-corrected chi connectivity index (χ1v) is 11.5. The minimum absolute atomic E-state index is 0.222. The number of nitrogens with zero attached hydrogens (tertiary/aromatic N) is 3. The van der Waals surface area contributed by atoms with Crippen LogP contribution >= 0.6 is 22.9 Å². The average Bonchev–Trinajstić information content (AvgIpc) is 3.29. The monoisotopic (exact) mass is 471 g/mol. The van der Waals surface area contributed by atoms with Crippen molar-refractivity contribution in [2.45, 2.75) is 6.54 Å². The minimum Gasteiger partial charge on any atom is -0.457 e. The Morgan fingerprint density at radius 2 is 1.76 bits per heavy atom. The molecule has 7 heteroatoms. The van der Waals surface area contributed by atoms with Crippen molar-refractivity contribution in [3.8, 4) is 11.5 Å². The van der Waals surface area contributed by atoms with Crippen molar-refractivity contribution in [2.24, 2.45) is 0 Å². The Morgan fingerprint density at radius 1 is 0.939 bits per heavy atom. The van der Waals surface area contributed by atoms with Crippen molar-refractivity contribution < 1.29 is 9.53 Å². The first-order valence-electron chi connectivity index (χ1n) is 10.3. The van der Waals surface area contributed by atoms with E-state index in [0.717, 1.165) is 10.3 Å². The van der Waals surface area contributed by atoms with Gasteiger partial charge in [-0.3, -0.25) is 14.7 Å². The highest BCUT2D eigenvalue weighted by Gasteiger charge is 2.25. The number of amides is 1. The molecule has 2 aromatic heterocycles. The molecule has 0 atom stereocenters. The van der Waals surface area contributed by atoms with Gasteiger partial charge < -0.3 is 4.74 Å². The molecular weight excluding hydrogens is 454 g/mol. The molecule has 5 nitrogen and oxygen atoms in total. The van der Waals surface area contributed by atoms with Crippen molar-refractivity contribution >= 4 is 44.2 Å². The van der Waals surface area contributed by atoms with Crippen LogP contribution < -0.4 is 9.64 Å². The Balaban J connectivity index is 1.57. The van der Waals surface area contributed by atoms with Gasteiger partial charge in [-0.05, 0) is 48.0 Å². The van der Waals surface area contributed by atoms with Crippen LogP contribution in [0.25, 0.3) is 10.2 Å². The quantitative estimate of drug-likeness (QED) is 0.268.